The van der Waals surface area contributed by atoms with Gasteiger partial charge in [0.15, 0.2) is 0 Å². The Bertz CT molecular complexity index is 1040. The molecule has 0 aromatic heterocycles. The van der Waals surface area contributed by atoms with Crippen molar-refractivity contribution in [3.63, 3.8) is 0 Å². The van der Waals surface area contributed by atoms with Crippen molar-refractivity contribution >= 4 is 17.3 Å². The number of nitrogens with one attached hydrogen (secondary N) is 2. The van der Waals surface area contributed by atoms with Crippen molar-refractivity contribution in [1.82, 2.24) is 4.90 Å². The molecule has 0 bridgehead atoms. The van der Waals surface area contributed by atoms with Gasteiger partial charge in [-0.05, 0) is 70.1 Å². The number of hydrogen-bond donors (Lipinski definition) is 2. The largest absolute Gasteiger partial charge is 0.417 e. The average Bonchev–Trinajstić information content (AvgIpc) is 3.22. The van der Waals surface area contributed by atoms with Crippen LogP contribution in [0.3, 0.4) is 0 Å². The van der Waals surface area contributed by atoms with Crippen LogP contribution in [0.25, 0.3) is 0 Å². The van der Waals surface area contributed by atoms with E-state index in [-0.39, 0.29) is 11.5 Å². The van der Waals surface area contributed by atoms with Crippen molar-refractivity contribution in [3.05, 3.63) is 58.9 Å². The number of rotatable bonds is 6. The molecule has 0 saturated carbocycles. The molecular weight excluding hydrogens is 424 g/mol. The van der Waals surface area contributed by atoms with Crippen LogP contribution in [-0.2, 0) is 17.5 Å². The lowest BCUT2D eigenvalue weighted by molar-refractivity contribution is -0.137. The molecular formula is C23H24F4N4O. The first-order valence-corrected chi connectivity index (χ1v) is 10.2. The fourth-order valence-corrected chi connectivity index (χ4v) is 3.59. The molecule has 5 nitrogen and oxygen atoms in total. The number of carbonyl (C=O) groups is 1. The zero-order valence-corrected chi connectivity index (χ0v) is 17.8. The summed E-state index contributed by atoms with van der Waals surface area (Å²) < 4.78 is 54.0. The summed E-state index contributed by atoms with van der Waals surface area (Å²) in [6, 6.07) is 9.10. The number of alkyl halides is 3. The van der Waals surface area contributed by atoms with Crippen LogP contribution in [0.1, 0.15) is 43.4 Å². The Balaban J connectivity index is 1.70. The Morgan fingerprint density at radius 2 is 1.75 bits per heavy atom. The first-order valence-electron chi connectivity index (χ1n) is 10.2. The molecule has 0 radical (unpaired) electrons. The van der Waals surface area contributed by atoms with Gasteiger partial charge in [-0.1, -0.05) is 6.07 Å². The van der Waals surface area contributed by atoms with Crippen molar-refractivity contribution in [2.45, 2.75) is 44.9 Å². The third-order valence-electron chi connectivity index (χ3n) is 5.37. The van der Waals surface area contributed by atoms with Crippen LogP contribution in [0.15, 0.2) is 36.4 Å². The fraction of sp³-hybridized carbons (Fsp3) is 0.391. The molecule has 0 unspecified atom stereocenters. The highest BCUT2D eigenvalue weighted by atomic mass is 19.4. The topological polar surface area (TPSA) is 68.2 Å². The van der Waals surface area contributed by atoms with E-state index in [9.17, 15) is 22.4 Å². The second-order valence-corrected chi connectivity index (χ2v) is 8.36. The molecule has 1 aliphatic heterocycles. The minimum Gasteiger partial charge on any atom is -0.372 e. The number of carbonyl (C=O) groups excluding carboxylic acids is 1. The van der Waals surface area contributed by atoms with Gasteiger partial charge in [0.25, 0.3) is 0 Å². The van der Waals surface area contributed by atoms with E-state index >= 15 is 0 Å². The van der Waals surface area contributed by atoms with Gasteiger partial charge in [0, 0.05) is 23.5 Å². The number of nitriles is 1. The maximum atomic E-state index is 14.6. The normalized spacial score (nSPS) is 14.8. The molecule has 0 atom stereocenters. The number of nitrogens with zero attached hydrogens (tertiary/aromatic N) is 2. The van der Waals surface area contributed by atoms with Gasteiger partial charge >= 0.3 is 6.18 Å². The molecule has 2 N–H and O–H groups in total. The summed E-state index contributed by atoms with van der Waals surface area (Å²) in [6.45, 7) is 5.48. The van der Waals surface area contributed by atoms with E-state index in [0.29, 0.717) is 17.8 Å². The molecule has 1 aliphatic rings. The number of anilines is 2. The number of likely N-dealkylation sites (tertiary alicyclic amines) is 1. The predicted molar refractivity (Wildman–Crippen MR) is 113 cm³/mol. The predicted octanol–water partition coefficient (Wildman–Crippen LogP) is 5.14. The summed E-state index contributed by atoms with van der Waals surface area (Å²) in [5.74, 6) is -1.00. The monoisotopic (exact) mass is 448 g/mol. The molecule has 1 fully saturated rings. The highest BCUT2D eigenvalue weighted by molar-refractivity contribution is 5.99. The van der Waals surface area contributed by atoms with Crippen molar-refractivity contribution in [1.29, 1.82) is 5.26 Å². The van der Waals surface area contributed by atoms with E-state index in [4.69, 9.17) is 5.26 Å². The van der Waals surface area contributed by atoms with Gasteiger partial charge in [-0.3, -0.25) is 9.69 Å². The molecule has 2 aromatic rings. The number of halogens is 4. The van der Waals surface area contributed by atoms with Gasteiger partial charge in [-0.15, -0.1) is 0 Å². The van der Waals surface area contributed by atoms with Crippen LogP contribution in [-0.4, -0.2) is 29.4 Å². The van der Waals surface area contributed by atoms with Crippen LogP contribution >= 0.6 is 0 Å². The Labute approximate surface area is 184 Å². The number of benzene rings is 2. The smallest absolute Gasteiger partial charge is 0.372 e. The van der Waals surface area contributed by atoms with E-state index in [2.05, 4.69) is 15.5 Å². The van der Waals surface area contributed by atoms with E-state index in [1.165, 1.54) is 32.0 Å². The lowest BCUT2D eigenvalue weighted by Crippen LogP contribution is -2.44. The molecule has 2 aromatic carbocycles. The summed E-state index contributed by atoms with van der Waals surface area (Å²) in [5.41, 5.74) is -2.06. The maximum absolute atomic E-state index is 14.6. The van der Waals surface area contributed by atoms with Gasteiger partial charge in [-0.2, -0.15) is 18.4 Å². The number of amides is 1. The van der Waals surface area contributed by atoms with Crippen molar-refractivity contribution < 1.29 is 22.4 Å². The summed E-state index contributed by atoms with van der Waals surface area (Å²) >= 11 is 0. The van der Waals surface area contributed by atoms with Crippen molar-refractivity contribution in [2.75, 3.05) is 23.7 Å². The Morgan fingerprint density at radius 1 is 1.09 bits per heavy atom. The second-order valence-electron chi connectivity index (χ2n) is 8.36. The van der Waals surface area contributed by atoms with Crippen LogP contribution < -0.4 is 10.6 Å². The SMILES string of the molecule is CC(C)(Nc1ccc(CN2CCCC2)c(F)c1)C(=O)Nc1ccc(C#N)c(C(F)(F)F)c1. The Kier molecular flexibility index (Phi) is 6.74. The second kappa shape index (κ2) is 9.17. The summed E-state index contributed by atoms with van der Waals surface area (Å²) in [4.78, 5) is 14.9. The van der Waals surface area contributed by atoms with Crippen LogP contribution in [0.5, 0.6) is 0 Å². The van der Waals surface area contributed by atoms with Crippen molar-refractivity contribution in [3.8, 4) is 6.07 Å². The van der Waals surface area contributed by atoms with Gasteiger partial charge in [0.05, 0.1) is 17.2 Å². The first-order chi connectivity index (χ1) is 15.0. The molecule has 1 heterocycles. The maximum Gasteiger partial charge on any atom is 0.417 e. The molecule has 0 aliphatic carbocycles. The minimum absolute atomic E-state index is 0.0941. The minimum atomic E-state index is -4.73. The van der Waals surface area contributed by atoms with E-state index in [1.807, 2.05) is 0 Å². The highest BCUT2D eigenvalue weighted by Crippen LogP contribution is 2.34. The van der Waals surface area contributed by atoms with Gasteiger partial charge in [0.2, 0.25) is 5.91 Å². The summed E-state index contributed by atoms with van der Waals surface area (Å²) in [7, 11) is 0. The van der Waals surface area contributed by atoms with Crippen LogP contribution in [0.4, 0.5) is 28.9 Å². The molecule has 170 valence electrons. The zero-order valence-electron chi connectivity index (χ0n) is 17.8. The van der Waals surface area contributed by atoms with Crippen molar-refractivity contribution in [2.24, 2.45) is 0 Å². The average molecular weight is 448 g/mol. The van der Waals surface area contributed by atoms with Crippen LogP contribution in [0.2, 0.25) is 0 Å². The van der Waals surface area contributed by atoms with Gasteiger partial charge in [-0.25, -0.2) is 4.39 Å². The quantitative estimate of drug-likeness (QED) is 0.601. The molecule has 3 rings (SSSR count). The molecule has 1 saturated heterocycles. The third kappa shape index (κ3) is 5.56. The number of hydrogen-bond acceptors (Lipinski definition) is 4. The van der Waals surface area contributed by atoms with E-state index < -0.39 is 28.7 Å². The zero-order chi connectivity index (χ0) is 23.5. The fourth-order valence-electron chi connectivity index (χ4n) is 3.59. The molecule has 0 spiro atoms. The molecule has 1 amide bonds. The highest BCUT2D eigenvalue weighted by Gasteiger charge is 2.34. The van der Waals surface area contributed by atoms with Crippen LogP contribution in [0, 0.1) is 17.1 Å². The lowest BCUT2D eigenvalue weighted by Gasteiger charge is -2.27. The van der Waals surface area contributed by atoms with Gasteiger partial charge < -0.3 is 10.6 Å². The molecule has 32 heavy (non-hydrogen) atoms. The third-order valence-corrected chi connectivity index (χ3v) is 5.37. The van der Waals surface area contributed by atoms with E-state index in [1.54, 1.807) is 12.1 Å². The molecule has 9 heteroatoms. The van der Waals surface area contributed by atoms with Gasteiger partial charge in [0.1, 0.15) is 11.4 Å². The lowest BCUT2D eigenvalue weighted by atomic mass is 10.0. The first kappa shape index (κ1) is 23.5. The summed E-state index contributed by atoms with van der Waals surface area (Å²) in [5, 5.41) is 14.2. The summed E-state index contributed by atoms with van der Waals surface area (Å²) in [6.07, 6.45) is -2.52. The van der Waals surface area contributed by atoms with E-state index in [0.717, 1.165) is 38.1 Å². The standard InChI is InChI=1S/C23H24F4N4O/c1-22(2,21(32)29-17-7-5-15(13-28)19(11-17)23(25,26)27)30-18-8-6-16(20(24)12-18)14-31-9-3-4-10-31/h5-8,11-12,30H,3-4,9-10,14H2,1-2H3,(H,29,32). The Hall–Kier alpha value is -3.12. The Morgan fingerprint density at radius 3 is 2.34 bits per heavy atom.